The predicted molar refractivity (Wildman–Crippen MR) is 106 cm³/mol. The van der Waals surface area contributed by atoms with Crippen molar-refractivity contribution in [1.29, 1.82) is 0 Å². The van der Waals surface area contributed by atoms with Gasteiger partial charge in [-0.2, -0.15) is 5.10 Å². The molecule has 1 atom stereocenters. The molecule has 2 amide bonds. The molecule has 1 unspecified atom stereocenters. The van der Waals surface area contributed by atoms with E-state index in [1.54, 1.807) is 28.9 Å². The van der Waals surface area contributed by atoms with Crippen LogP contribution in [0.3, 0.4) is 0 Å². The van der Waals surface area contributed by atoms with Crippen molar-refractivity contribution in [3.63, 3.8) is 0 Å². The number of imidazole rings is 1. The minimum atomic E-state index is -0.694. The summed E-state index contributed by atoms with van der Waals surface area (Å²) in [6.07, 6.45) is 3.68. The maximum Gasteiger partial charge on any atom is 0.267 e. The Labute approximate surface area is 165 Å². The van der Waals surface area contributed by atoms with Crippen LogP contribution in [-0.4, -0.2) is 33.0 Å². The molecule has 0 radical (unpaired) electrons. The molecule has 1 aliphatic rings. The molecule has 0 saturated carbocycles. The Morgan fingerprint density at radius 3 is 2.71 bits per heavy atom. The van der Waals surface area contributed by atoms with Crippen LogP contribution in [0, 0.1) is 0 Å². The van der Waals surface area contributed by atoms with Gasteiger partial charge in [0, 0.05) is 18.8 Å². The third-order valence-electron chi connectivity index (χ3n) is 4.42. The molecule has 142 valence electrons. The molecule has 1 aliphatic heterocycles. The minimum Gasteiger partial charge on any atom is -0.368 e. The van der Waals surface area contributed by atoms with Crippen molar-refractivity contribution in [3.05, 3.63) is 65.6 Å². The summed E-state index contributed by atoms with van der Waals surface area (Å²) in [6, 6.07) is 12.0. The third-order valence-corrected chi connectivity index (χ3v) is 4.64. The van der Waals surface area contributed by atoms with E-state index in [1.165, 1.54) is 5.01 Å². The fourth-order valence-electron chi connectivity index (χ4n) is 3.06. The van der Waals surface area contributed by atoms with Crippen molar-refractivity contribution in [2.45, 2.75) is 19.0 Å². The molecular formula is C19H17ClN6O2. The molecule has 4 rings (SSSR count). The topological polar surface area (TPSA) is 105 Å². The van der Waals surface area contributed by atoms with Gasteiger partial charge in [-0.3, -0.25) is 14.6 Å². The van der Waals surface area contributed by atoms with Crippen molar-refractivity contribution in [2.24, 2.45) is 10.8 Å². The summed E-state index contributed by atoms with van der Waals surface area (Å²) in [5.41, 5.74) is 7.86. The van der Waals surface area contributed by atoms with Gasteiger partial charge in [-0.15, -0.1) is 0 Å². The molecule has 3 heterocycles. The zero-order chi connectivity index (χ0) is 19.7. The number of aromatic nitrogens is 2. The first-order valence-electron chi connectivity index (χ1n) is 8.63. The first kappa shape index (κ1) is 18.0. The van der Waals surface area contributed by atoms with Crippen molar-refractivity contribution in [1.82, 2.24) is 14.7 Å². The number of amides is 2. The SMILES string of the molecule is NC(=O)C1CC(C(=O)NCc2cn3cc(Cl)ccc3n2)=NN1c1ccccc1. The molecule has 3 N–H and O–H groups in total. The lowest BCUT2D eigenvalue weighted by atomic mass is 10.1. The maximum absolute atomic E-state index is 12.6. The highest BCUT2D eigenvalue weighted by molar-refractivity contribution is 6.40. The number of nitrogens with one attached hydrogen (secondary N) is 1. The Kier molecular flexibility index (Phi) is 4.70. The van der Waals surface area contributed by atoms with Crippen molar-refractivity contribution in [2.75, 3.05) is 5.01 Å². The fraction of sp³-hybridized carbons (Fsp3) is 0.158. The standard InChI is InChI=1S/C19H17ClN6O2/c20-12-6-7-17-23-13(11-25(17)10-12)9-22-19(28)15-8-16(18(21)27)26(24-15)14-4-2-1-3-5-14/h1-7,10-11,16H,8-9H2,(H2,21,27)(H,22,28). The zero-order valence-corrected chi connectivity index (χ0v) is 15.5. The molecule has 2 aromatic heterocycles. The quantitative estimate of drug-likeness (QED) is 0.685. The van der Waals surface area contributed by atoms with Crippen LogP contribution >= 0.6 is 11.6 Å². The van der Waals surface area contributed by atoms with Gasteiger partial charge in [-0.05, 0) is 24.3 Å². The van der Waals surface area contributed by atoms with Gasteiger partial charge < -0.3 is 15.5 Å². The molecule has 0 bridgehead atoms. The second kappa shape index (κ2) is 7.32. The van der Waals surface area contributed by atoms with Crippen LogP contribution in [0.2, 0.25) is 5.02 Å². The number of benzene rings is 1. The number of primary amides is 1. The van der Waals surface area contributed by atoms with Gasteiger partial charge in [0.25, 0.3) is 5.91 Å². The second-order valence-electron chi connectivity index (χ2n) is 6.38. The molecule has 1 aromatic carbocycles. The number of nitrogens with zero attached hydrogens (tertiary/aromatic N) is 4. The Hall–Kier alpha value is -3.39. The van der Waals surface area contributed by atoms with E-state index in [2.05, 4.69) is 15.4 Å². The number of carbonyl (C=O) groups excluding carboxylic acids is 2. The van der Waals surface area contributed by atoms with E-state index in [1.807, 2.05) is 30.3 Å². The van der Waals surface area contributed by atoms with Crippen molar-refractivity contribution < 1.29 is 9.59 Å². The van der Waals surface area contributed by atoms with Gasteiger partial charge in [0.2, 0.25) is 5.91 Å². The average molecular weight is 397 g/mol. The van der Waals surface area contributed by atoms with Gasteiger partial charge in [0.1, 0.15) is 17.4 Å². The number of rotatable bonds is 5. The summed E-state index contributed by atoms with van der Waals surface area (Å²) in [4.78, 5) is 28.8. The number of fused-ring (bicyclic) bond motifs is 1. The van der Waals surface area contributed by atoms with Crippen LogP contribution in [0.25, 0.3) is 5.65 Å². The molecule has 0 spiro atoms. The summed E-state index contributed by atoms with van der Waals surface area (Å²) >= 11 is 5.97. The lowest BCUT2D eigenvalue weighted by Crippen LogP contribution is -2.39. The number of anilines is 1. The van der Waals surface area contributed by atoms with E-state index in [4.69, 9.17) is 17.3 Å². The van der Waals surface area contributed by atoms with Crippen LogP contribution in [0.15, 0.2) is 60.0 Å². The van der Waals surface area contributed by atoms with E-state index >= 15 is 0 Å². The summed E-state index contributed by atoms with van der Waals surface area (Å²) in [5, 5.41) is 9.20. The van der Waals surface area contributed by atoms with Crippen LogP contribution in [0.1, 0.15) is 12.1 Å². The highest BCUT2D eigenvalue weighted by Crippen LogP contribution is 2.24. The monoisotopic (exact) mass is 396 g/mol. The van der Waals surface area contributed by atoms with Gasteiger partial charge in [-0.1, -0.05) is 29.8 Å². The number of hydrogen-bond donors (Lipinski definition) is 2. The molecule has 9 heteroatoms. The van der Waals surface area contributed by atoms with Crippen LogP contribution in [0.5, 0.6) is 0 Å². The van der Waals surface area contributed by atoms with Gasteiger partial charge in [-0.25, -0.2) is 4.98 Å². The Bertz CT molecular complexity index is 1080. The fourth-order valence-corrected chi connectivity index (χ4v) is 3.23. The number of para-hydroxylation sites is 1. The van der Waals surface area contributed by atoms with Crippen LogP contribution in [0.4, 0.5) is 5.69 Å². The zero-order valence-electron chi connectivity index (χ0n) is 14.7. The lowest BCUT2D eigenvalue weighted by Gasteiger charge is -2.20. The van der Waals surface area contributed by atoms with E-state index in [-0.39, 0.29) is 24.6 Å². The normalized spacial score (nSPS) is 16.2. The smallest absolute Gasteiger partial charge is 0.267 e. The molecule has 0 fully saturated rings. The summed E-state index contributed by atoms with van der Waals surface area (Å²) in [5.74, 6) is -0.896. The first-order valence-corrected chi connectivity index (χ1v) is 9.01. The molecule has 0 saturated heterocycles. The third kappa shape index (κ3) is 3.54. The highest BCUT2D eigenvalue weighted by Gasteiger charge is 2.34. The van der Waals surface area contributed by atoms with Crippen molar-refractivity contribution >= 4 is 40.5 Å². The van der Waals surface area contributed by atoms with E-state index < -0.39 is 11.9 Å². The van der Waals surface area contributed by atoms with Gasteiger partial charge >= 0.3 is 0 Å². The number of hydrogen-bond acceptors (Lipinski definition) is 5. The first-order chi connectivity index (χ1) is 13.5. The second-order valence-corrected chi connectivity index (χ2v) is 6.81. The summed E-state index contributed by atoms with van der Waals surface area (Å²) < 4.78 is 1.79. The predicted octanol–water partition coefficient (Wildman–Crippen LogP) is 1.72. The number of halogens is 1. The molecule has 3 aromatic rings. The van der Waals surface area contributed by atoms with Gasteiger partial charge in [0.05, 0.1) is 22.9 Å². The lowest BCUT2D eigenvalue weighted by molar-refractivity contribution is -0.119. The number of pyridine rings is 1. The van der Waals surface area contributed by atoms with E-state index in [9.17, 15) is 9.59 Å². The summed E-state index contributed by atoms with van der Waals surface area (Å²) in [7, 11) is 0. The molecule has 8 nitrogen and oxygen atoms in total. The number of hydrazone groups is 1. The Balaban J connectivity index is 1.48. The van der Waals surface area contributed by atoms with E-state index in [0.29, 0.717) is 16.4 Å². The summed E-state index contributed by atoms with van der Waals surface area (Å²) in [6.45, 7) is 0.226. The van der Waals surface area contributed by atoms with Crippen LogP contribution < -0.4 is 16.1 Å². The van der Waals surface area contributed by atoms with E-state index in [0.717, 1.165) is 5.65 Å². The minimum absolute atomic E-state index is 0.150. The largest absolute Gasteiger partial charge is 0.368 e. The van der Waals surface area contributed by atoms with Crippen molar-refractivity contribution in [3.8, 4) is 0 Å². The molecule has 0 aliphatic carbocycles. The Morgan fingerprint density at radius 1 is 1.18 bits per heavy atom. The van der Waals surface area contributed by atoms with Gasteiger partial charge in [0.15, 0.2) is 0 Å². The van der Waals surface area contributed by atoms with Crippen LogP contribution in [-0.2, 0) is 16.1 Å². The molecule has 28 heavy (non-hydrogen) atoms. The molecular weight excluding hydrogens is 380 g/mol. The Morgan fingerprint density at radius 2 is 1.96 bits per heavy atom. The maximum atomic E-state index is 12.6. The highest BCUT2D eigenvalue weighted by atomic mass is 35.5. The average Bonchev–Trinajstić information content (AvgIpc) is 3.31. The number of carbonyl (C=O) groups is 2. The number of nitrogens with two attached hydrogens (primary N) is 1.